The summed E-state index contributed by atoms with van der Waals surface area (Å²) in [6.45, 7) is 1.83. The molecular formula is C12H15N3O4. The van der Waals surface area contributed by atoms with Gasteiger partial charge < -0.3 is 20.4 Å². The second-order valence-electron chi connectivity index (χ2n) is 4.52. The minimum absolute atomic E-state index is 0.0160. The molecule has 2 heterocycles. The third-order valence-electron chi connectivity index (χ3n) is 3.11. The highest BCUT2D eigenvalue weighted by Crippen LogP contribution is 2.20. The Labute approximate surface area is 109 Å². The van der Waals surface area contributed by atoms with Crippen LogP contribution in [0.25, 0.3) is 0 Å². The molecule has 1 aliphatic heterocycles. The number of β-amino-alcohol motifs (C(OH)–C–C–N with tert-alkyl or cyclic N) is 1. The van der Waals surface area contributed by atoms with Crippen molar-refractivity contribution in [1.29, 1.82) is 0 Å². The number of aryl methyl sites for hydroxylation is 1. The number of likely N-dealkylation sites (tertiary alicyclic amines) is 1. The van der Waals surface area contributed by atoms with Gasteiger partial charge >= 0.3 is 12.0 Å². The van der Waals surface area contributed by atoms with Crippen molar-refractivity contribution in [2.75, 3.05) is 11.9 Å². The molecule has 7 heteroatoms. The first-order valence-corrected chi connectivity index (χ1v) is 5.88. The Balaban J connectivity index is 2.11. The number of aromatic nitrogens is 1. The third kappa shape index (κ3) is 2.82. The molecule has 1 saturated heterocycles. The van der Waals surface area contributed by atoms with Crippen molar-refractivity contribution in [3.05, 3.63) is 24.0 Å². The van der Waals surface area contributed by atoms with Crippen molar-refractivity contribution in [2.24, 2.45) is 0 Å². The minimum Gasteiger partial charge on any atom is -0.480 e. The van der Waals surface area contributed by atoms with E-state index in [9.17, 15) is 14.7 Å². The number of aliphatic hydroxyl groups is 1. The van der Waals surface area contributed by atoms with Gasteiger partial charge in [0, 0.05) is 19.2 Å². The molecule has 3 N–H and O–H groups in total. The summed E-state index contributed by atoms with van der Waals surface area (Å²) in [5.74, 6) is -1.12. The molecule has 2 amide bonds. The molecule has 0 unspecified atom stereocenters. The number of pyridine rings is 1. The average molecular weight is 265 g/mol. The second-order valence-corrected chi connectivity index (χ2v) is 4.52. The number of hydrogen-bond donors (Lipinski definition) is 3. The van der Waals surface area contributed by atoms with E-state index in [0.29, 0.717) is 5.69 Å². The van der Waals surface area contributed by atoms with Crippen LogP contribution < -0.4 is 5.32 Å². The number of carbonyl (C=O) groups is 2. The largest absolute Gasteiger partial charge is 0.480 e. The van der Waals surface area contributed by atoms with Crippen LogP contribution in [0.15, 0.2) is 18.5 Å². The molecule has 0 aliphatic carbocycles. The van der Waals surface area contributed by atoms with Crippen LogP contribution in [0.2, 0.25) is 0 Å². The van der Waals surface area contributed by atoms with Gasteiger partial charge in [-0.1, -0.05) is 0 Å². The SMILES string of the molecule is Cc1ccncc1NC(=O)N1C[C@@H](O)C[C@H]1C(=O)O. The van der Waals surface area contributed by atoms with E-state index in [1.807, 2.05) is 6.92 Å². The summed E-state index contributed by atoms with van der Waals surface area (Å²) in [6.07, 6.45) is 2.34. The number of hydrogen-bond acceptors (Lipinski definition) is 4. The van der Waals surface area contributed by atoms with Crippen LogP contribution in [-0.4, -0.2) is 50.8 Å². The topological polar surface area (TPSA) is 103 Å². The molecule has 2 rings (SSSR count). The zero-order valence-electron chi connectivity index (χ0n) is 10.4. The third-order valence-corrected chi connectivity index (χ3v) is 3.11. The Morgan fingerprint density at radius 3 is 2.89 bits per heavy atom. The number of aliphatic carboxylic acids is 1. The zero-order chi connectivity index (χ0) is 14.0. The summed E-state index contributed by atoms with van der Waals surface area (Å²) in [6, 6.07) is 0.204. The highest BCUT2D eigenvalue weighted by molar-refractivity contribution is 5.93. The number of nitrogens with one attached hydrogen (secondary N) is 1. The summed E-state index contributed by atoms with van der Waals surface area (Å²) in [5.41, 5.74) is 1.35. The monoisotopic (exact) mass is 265 g/mol. The van der Waals surface area contributed by atoms with Gasteiger partial charge in [-0.3, -0.25) is 4.98 Å². The number of rotatable bonds is 2. The van der Waals surface area contributed by atoms with Gasteiger partial charge in [0.05, 0.1) is 18.0 Å². The molecule has 1 aromatic rings. The van der Waals surface area contributed by atoms with Gasteiger partial charge in [0.25, 0.3) is 0 Å². The van der Waals surface area contributed by atoms with Crippen molar-refractivity contribution >= 4 is 17.7 Å². The predicted molar refractivity (Wildman–Crippen MR) is 66.7 cm³/mol. The van der Waals surface area contributed by atoms with Gasteiger partial charge in [-0.15, -0.1) is 0 Å². The van der Waals surface area contributed by atoms with Crippen LogP contribution in [-0.2, 0) is 4.79 Å². The van der Waals surface area contributed by atoms with Crippen molar-refractivity contribution in [3.8, 4) is 0 Å². The number of anilines is 1. The number of amides is 2. The molecule has 1 aromatic heterocycles. The van der Waals surface area contributed by atoms with Crippen LogP contribution >= 0.6 is 0 Å². The number of aliphatic hydroxyl groups excluding tert-OH is 1. The summed E-state index contributed by atoms with van der Waals surface area (Å²) in [5, 5.41) is 21.1. The maximum absolute atomic E-state index is 12.0. The molecular weight excluding hydrogens is 250 g/mol. The molecule has 0 aromatic carbocycles. The van der Waals surface area contributed by atoms with Gasteiger partial charge in [0.15, 0.2) is 0 Å². The lowest BCUT2D eigenvalue weighted by Gasteiger charge is -2.21. The van der Waals surface area contributed by atoms with Gasteiger partial charge in [-0.25, -0.2) is 9.59 Å². The maximum atomic E-state index is 12.0. The van der Waals surface area contributed by atoms with E-state index >= 15 is 0 Å². The van der Waals surface area contributed by atoms with E-state index in [-0.39, 0.29) is 13.0 Å². The summed E-state index contributed by atoms with van der Waals surface area (Å²) in [7, 11) is 0. The van der Waals surface area contributed by atoms with Gasteiger partial charge in [0.1, 0.15) is 6.04 Å². The van der Waals surface area contributed by atoms with Crippen LogP contribution in [0.5, 0.6) is 0 Å². The lowest BCUT2D eigenvalue weighted by atomic mass is 10.2. The van der Waals surface area contributed by atoms with Crippen molar-refractivity contribution in [3.63, 3.8) is 0 Å². The first kappa shape index (κ1) is 13.3. The van der Waals surface area contributed by atoms with E-state index in [1.165, 1.54) is 6.20 Å². The molecule has 1 aliphatic rings. The van der Waals surface area contributed by atoms with E-state index in [0.717, 1.165) is 10.5 Å². The van der Waals surface area contributed by atoms with Crippen LogP contribution in [0.4, 0.5) is 10.5 Å². The molecule has 0 saturated carbocycles. The van der Waals surface area contributed by atoms with E-state index in [4.69, 9.17) is 5.11 Å². The molecule has 2 atom stereocenters. The van der Waals surface area contributed by atoms with E-state index in [1.54, 1.807) is 12.3 Å². The summed E-state index contributed by atoms with van der Waals surface area (Å²) < 4.78 is 0. The number of nitrogens with zero attached hydrogens (tertiary/aromatic N) is 2. The van der Waals surface area contributed by atoms with E-state index < -0.39 is 24.1 Å². The lowest BCUT2D eigenvalue weighted by Crippen LogP contribution is -2.43. The smallest absolute Gasteiger partial charge is 0.326 e. The molecule has 0 bridgehead atoms. The maximum Gasteiger partial charge on any atom is 0.326 e. The number of carboxylic acids is 1. The van der Waals surface area contributed by atoms with Crippen LogP contribution in [0, 0.1) is 6.92 Å². The molecule has 0 radical (unpaired) electrons. The highest BCUT2D eigenvalue weighted by Gasteiger charge is 2.39. The fourth-order valence-corrected chi connectivity index (χ4v) is 2.05. The molecule has 19 heavy (non-hydrogen) atoms. The fourth-order valence-electron chi connectivity index (χ4n) is 2.05. The zero-order valence-corrected chi connectivity index (χ0v) is 10.4. The average Bonchev–Trinajstić information content (AvgIpc) is 2.74. The Hall–Kier alpha value is -2.15. The first-order valence-electron chi connectivity index (χ1n) is 5.88. The van der Waals surface area contributed by atoms with Crippen molar-refractivity contribution in [2.45, 2.75) is 25.5 Å². The summed E-state index contributed by atoms with van der Waals surface area (Å²) in [4.78, 5) is 28.1. The highest BCUT2D eigenvalue weighted by atomic mass is 16.4. The van der Waals surface area contributed by atoms with Crippen molar-refractivity contribution in [1.82, 2.24) is 9.88 Å². The minimum atomic E-state index is -1.12. The normalized spacial score (nSPS) is 22.3. The number of carboxylic acid groups (broad SMARTS) is 1. The fraction of sp³-hybridized carbons (Fsp3) is 0.417. The van der Waals surface area contributed by atoms with Gasteiger partial charge in [0.2, 0.25) is 0 Å². The van der Waals surface area contributed by atoms with Gasteiger partial charge in [-0.2, -0.15) is 0 Å². The van der Waals surface area contributed by atoms with Crippen LogP contribution in [0.3, 0.4) is 0 Å². The number of urea groups is 1. The Kier molecular flexibility index (Phi) is 3.66. The number of carbonyl (C=O) groups excluding carboxylic acids is 1. The molecule has 0 spiro atoms. The second kappa shape index (κ2) is 5.23. The Bertz CT molecular complexity index is 506. The van der Waals surface area contributed by atoms with E-state index in [2.05, 4.69) is 10.3 Å². The standard InChI is InChI=1S/C12H15N3O4/c1-7-2-3-13-5-9(7)14-12(19)15-6-8(16)4-10(15)11(17)18/h2-3,5,8,10,16H,4,6H2,1H3,(H,14,19)(H,17,18)/t8-,10-/m0/s1. The quantitative estimate of drug-likeness (QED) is 0.720. The Morgan fingerprint density at radius 2 is 2.26 bits per heavy atom. The first-order chi connectivity index (χ1) is 8.99. The lowest BCUT2D eigenvalue weighted by molar-refractivity contribution is -0.141. The van der Waals surface area contributed by atoms with Crippen molar-refractivity contribution < 1.29 is 19.8 Å². The molecule has 102 valence electrons. The van der Waals surface area contributed by atoms with Gasteiger partial charge in [-0.05, 0) is 18.6 Å². The predicted octanol–water partition coefficient (Wildman–Crippen LogP) is 0.442. The summed E-state index contributed by atoms with van der Waals surface area (Å²) >= 11 is 0. The van der Waals surface area contributed by atoms with Crippen LogP contribution in [0.1, 0.15) is 12.0 Å². The molecule has 1 fully saturated rings. The Morgan fingerprint density at radius 1 is 1.53 bits per heavy atom. The molecule has 7 nitrogen and oxygen atoms in total.